The quantitative estimate of drug-likeness (QED) is 0.708. The van der Waals surface area contributed by atoms with Gasteiger partial charge in [0.15, 0.2) is 0 Å². The molecule has 8 heteroatoms. The van der Waals surface area contributed by atoms with Gasteiger partial charge in [-0.1, -0.05) is 0 Å². The van der Waals surface area contributed by atoms with Crippen LogP contribution in [0.1, 0.15) is 9.75 Å². The Morgan fingerprint density at radius 2 is 1.95 bits per heavy atom. The Hall–Kier alpha value is 0.0800. The highest BCUT2D eigenvalue weighted by Gasteiger charge is 2.22. The largest absolute Gasteiger partial charge is 0.243 e. The lowest BCUT2D eigenvalue weighted by Crippen LogP contribution is -2.25. The Kier molecular flexibility index (Phi) is 5.08. The third-order valence-corrected chi connectivity index (χ3v) is 7.47. The van der Waals surface area contributed by atoms with Crippen molar-refractivity contribution in [1.82, 2.24) is 4.31 Å². The Morgan fingerprint density at radius 1 is 1.26 bits per heavy atom. The van der Waals surface area contributed by atoms with Gasteiger partial charge in [-0.25, -0.2) is 8.42 Å². The molecule has 104 valence electrons. The molecule has 2 rings (SSSR count). The molecule has 0 saturated carbocycles. The first kappa shape index (κ1) is 15.5. The van der Waals surface area contributed by atoms with Crippen molar-refractivity contribution in [2.45, 2.75) is 17.3 Å². The third kappa shape index (κ3) is 3.59. The molecule has 0 saturated heterocycles. The number of hydrogen-bond acceptors (Lipinski definition) is 4. The van der Waals surface area contributed by atoms with Crippen LogP contribution in [0.2, 0.25) is 0 Å². The zero-order valence-corrected chi connectivity index (χ0v) is 14.8. The highest BCUT2D eigenvalue weighted by Crippen LogP contribution is 2.26. The van der Waals surface area contributed by atoms with E-state index in [9.17, 15) is 8.42 Å². The van der Waals surface area contributed by atoms with E-state index in [0.29, 0.717) is 17.3 Å². The first-order valence-electron chi connectivity index (χ1n) is 5.26. The Balaban J connectivity index is 2.19. The van der Waals surface area contributed by atoms with E-state index >= 15 is 0 Å². The van der Waals surface area contributed by atoms with Gasteiger partial charge in [-0.3, -0.25) is 0 Å². The average molecular weight is 401 g/mol. The molecule has 0 aromatic carbocycles. The third-order valence-electron chi connectivity index (χ3n) is 2.47. The van der Waals surface area contributed by atoms with Crippen molar-refractivity contribution in [3.05, 3.63) is 37.1 Å². The molecule has 0 aliphatic carbocycles. The van der Waals surface area contributed by atoms with Crippen LogP contribution in [-0.2, 0) is 22.4 Å². The lowest BCUT2D eigenvalue weighted by Gasteiger charge is -2.15. The Bertz CT molecular complexity index is 665. The first-order valence-corrected chi connectivity index (χ1v) is 9.79. The van der Waals surface area contributed by atoms with Crippen LogP contribution in [0.25, 0.3) is 0 Å². The van der Waals surface area contributed by atoms with E-state index in [1.807, 2.05) is 11.4 Å². The van der Waals surface area contributed by atoms with Crippen molar-refractivity contribution in [2.75, 3.05) is 7.05 Å². The molecule has 0 atom stereocenters. The molecule has 2 aromatic rings. The standard InChI is InChI=1S/C11H11BrClNO2S3/c1-14(5-10-2-8(12)6-17-10)19(15,16)11-3-9(4-13)18-7-11/h2-3,6-7H,4-5H2,1H3. The van der Waals surface area contributed by atoms with Gasteiger partial charge in [-0.2, -0.15) is 4.31 Å². The summed E-state index contributed by atoms with van der Waals surface area (Å²) in [6.45, 7) is 0.366. The van der Waals surface area contributed by atoms with Crippen molar-refractivity contribution in [2.24, 2.45) is 0 Å². The number of alkyl halides is 1. The second-order valence-corrected chi connectivity index (χ2v) is 9.09. The summed E-state index contributed by atoms with van der Waals surface area (Å²) in [7, 11) is -1.86. The monoisotopic (exact) mass is 399 g/mol. The summed E-state index contributed by atoms with van der Waals surface area (Å²) < 4.78 is 27.0. The molecule has 2 heterocycles. The van der Waals surface area contributed by atoms with Gasteiger partial charge in [0.2, 0.25) is 10.0 Å². The maximum atomic E-state index is 12.4. The molecule has 0 N–H and O–H groups in total. The van der Waals surface area contributed by atoms with Gasteiger partial charge in [-0.05, 0) is 28.1 Å². The normalized spacial score (nSPS) is 12.2. The SMILES string of the molecule is CN(Cc1cc(Br)cs1)S(=O)(=O)c1csc(CCl)c1. The molecule has 0 amide bonds. The summed E-state index contributed by atoms with van der Waals surface area (Å²) in [6, 6.07) is 3.56. The number of nitrogens with zero attached hydrogens (tertiary/aromatic N) is 1. The predicted octanol–water partition coefficient (Wildman–Crippen LogP) is 4.13. The number of thiophene rings is 2. The van der Waals surface area contributed by atoms with E-state index in [1.54, 1.807) is 18.5 Å². The van der Waals surface area contributed by atoms with Crippen LogP contribution < -0.4 is 0 Å². The van der Waals surface area contributed by atoms with Gasteiger partial charge in [-0.15, -0.1) is 34.3 Å². The van der Waals surface area contributed by atoms with E-state index in [4.69, 9.17) is 11.6 Å². The minimum Gasteiger partial charge on any atom is -0.207 e. The molecular weight excluding hydrogens is 390 g/mol. The molecule has 0 aliphatic rings. The van der Waals surface area contributed by atoms with Gasteiger partial charge in [0, 0.05) is 38.6 Å². The predicted molar refractivity (Wildman–Crippen MR) is 84.5 cm³/mol. The maximum Gasteiger partial charge on any atom is 0.243 e. The smallest absolute Gasteiger partial charge is 0.207 e. The van der Waals surface area contributed by atoms with Crippen molar-refractivity contribution in [3.8, 4) is 0 Å². The zero-order chi connectivity index (χ0) is 14.0. The lowest BCUT2D eigenvalue weighted by molar-refractivity contribution is 0.470. The molecule has 2 aromatic heterocycles. The molecule has 3 nitrogen and oxygen atoms in total. The topological polar surface area (TPSA) is 37.4 Å². The van der Waals surface area contributed by atoms with Crippen molar-refractivity contribution >= 4 is 60.2 Å². The lowest BCUT2D eigenvalue weighted by atomic mass is 10.5. The van der Waals surface area contributed by atoms with E-state index in [0.717, 1.165) is 14.2 Å². The highest BCUT2D eigenvalue weighted by molar-refractivity contribution is 9.10. The van der Waals surface area contributed by atoms with E-state index < -0.39 is 10.0 Å². The van der Waals surface area contributed by atoms with E-state index in [-0.39, 0.29) is 0 Å². The van der Waals surface area contributed by atoms with Gasteiger partial charge >= 0.3 is 0 Å². The average Bonchev–Trinajstić information content (AvgIpc) is 2.98. The number of sulfonamides is 1. The second-order valence-electron chi connectivity index (χ2n) is 3.87. The molecule has 19 heavy (non-hydrogen) atoms. The maximum absolute atomic E-state index is 12.4. The summed E-state index contributed by atoms with van der Waals surface area (Å²) in [5, 5.41) is 3.57. The summed E-state index contributed by atoms with van der Waals surface area (Å²) in [5.41, 5.74) is 0. The van der Waals surface area contributed by atoms with Gasteiger partial charge in [0.1, 0.15) is 0 Å². The van der Waals surface area contributed by atoms with Crippen LogP contribution in [0, 0.1) is 0 Å². The van der Waals surface area contributed by atoms with Crippen LogP contribution in [0.3, 0.4) is 0 Å². The van der Waals surface area contributed by atoms with Gasteiger partial charge in [0.05, 0.1) is 10.8 Å². The zero-order valence-electron chi connectivity index (χ0n) is 9.97. The molecule has 0 unspecified atom stereocenters. The van der Waals surface area contributed by atoms with E-state index in [1.165, 1.54) is 27.0 Å². The molecule has 0 spiro atoms. The van der Waals surface area contributed by atoms with Gasteiger partial charge in [0.25, 0.3) is 0 Å². The second kappa shape index (κ2) is 6.24. The van der Waals surface area contributed by atoms with Crippen LogP contribution in [0.4, 0.5) is 0 Å². The van der Waals surface area contributed by atoms with Crippen molar-refractivity contribution < 1.29 is 8.42 Å². The molecule has 0 bridgehead atoms. The summed E-state index contributed by atoms with van der Waals surface area (Å²) in [5.74, 6) is 0.335. The molecular formula is C11H11BrClNO2S3. The van der Waals surface area contributed by atoms with Crippen molar-refractivity contribution in [3.63, 3.8) is 0 Å². The fourth-order valence-corrected chi connectivity index (χ4v) is 5.60. The molecule has 0 fully saturated rings. The number of hydrogen-bond donors (Lipinski definition) is 0. The summed E-state index contributed by atoms with van der Waals surface area (Å²) in [4.78, 5) is 2.16. The first-order chi connectivity index (χ1) is 8.93. The summed E-state index contributed by atoms with van der Waals surface area (Å²) in [6.07, 6.45) is 0. The van der Waals surface area contributed by atoms with Crippen LogP contribution in [0.15, 0.2) is 32.3 Å². The van der Waals surface area contributed by atoms with Crippen LogP contribution in [0.5, 0.6) is 0 Å². The fourth-order valence-electron chi connectivity index (χ4n) is 1.49. The van der Waals surface area contributed by atoms with Crippen LogP contribution in [-0.4, -0.2) is 19.8 Å². The Labute approximate surface area is 134 Å². The summed E-state index contributed by atoms with van der Waals surface area (Å²) >= 11 is 11.9. The molecule has 0 aliphatic heterocycles. The number of halogens is 2. The minimum absolute atomic E-state index is 0.311. The number of rotatable bonds is 5. The minimum atomic E-state index is -3.44. The van der Waals surface area contributed by atoms with Gasteiger partial charge < -0.3 is 0 Å². The highest BCUT2D eigenvalue weighted by atomic mass is 79.9. The molecule has 0 radical (unpaired) electrons. The van der Waals surface area contributed by atoms with E-state index in [2.05, 4.69) is 15.9 Å². The van der Waals surface area contributed by atoms with Crippen molar-refractivity contribution in [1.29, 1.82) is 0 Å². The van der Waals surface area contributed by atoms with Crippen LogP contribution >= 0.6 is 50.2 Å². The Morgan fingerprint density at radius 3 is 2.47 bits per heavy atom. The fraction of sp³-hybridized carbons (Fsp3) is 0.273.